The van der Waals surface area contributed by atoms with Crippen LogP contribution in [0.1, 0.15) is 22.3 Å². The molecule has 0 unspecified atom stereocenters. The van der Waals surface area contributed by atoms with Crippen LogP contribution in [0, 0.1) is 31.5 Å². The van der Waals surface area contributed by atoms with Crippen LogP contribution >= 0.6 is 0 Å². The lowest BCUT2D eigenvalue weighted by Gasteiger charge is -2.06. The average molecular weight is 350 g/mol. The third-order valence-electron chi connectivity index (χ3n) is 4.73. The molecule has 0 aliphatic heterocycles. The molecule has 0 aromatic heterocycles. The van der Waals surface area contributed by atoms with Crippen LogP contribution in [0.4, 0.5) is 4.39 Å². The molecule has 0 heterocycles. The standard InChI is InChI=1S/C26H19F/c1-18-3-7-20(8-4-18)9-12-22-13-14-24-17-23(15-16-25(24)26(22)27)21-10-5-19(2)6-11-21/h3-8,10-11,13-17H,1-2H3. The third-order valence-corrected chi connectivity index (χ3v) is 4.73. The summed E-state index contributed by atoms with van der Waals surface area (Å²) < 4.78 is 14.9. The Morgan fingerprint density at radius 1 is 0.630 bits per heavy atom. The average Bonchev–Trinajstić information content (AvgIpc) is 2.69. The fourth-order valence-corrected chi connectivity index (χ4v) is 3.09. The SMILES string of the molecule is Cc1ccc(C#Cc2ccc3cc(-c4ccc(C)cc4)ccc3c2F)cc1. The summed E-state index contributed by atoms with van der Waals surface area (Å²) in [5.74, 6) is 5.75. The van der Waals surface area contributed by atoms with Gasteiger partial charge >= 0.3 is 0 Å². The van der Waals surface area contributed by atoms with Crippen LogP contribution in [0.15, 0.2) is 78.9 Å². The van der Waals surface area contributed by atoms with Crippen molar-refractivity contribution in [3.63, 3.8) is 0 Å². The van der Waals surface area contributed by atoms with Gasteiger partial charge in [-0.1, -0.05) is 77.6 Å². The van der Waals surface area contributed by atoms with Gasteiger partial charge in [0.1, 0.15) is 5.82 Å². The van der Waals surface area contributed by atoms with Crippen LogP contribution in [0.2, 0.25) is 0 Å². The minimum Gasteiger partial charge on any atom is -0.205 e. The van der Waals surface area contributed by atoms with Gasteiger partial charge in [0.25, 0.3) is 0 Å². The van der Waals surface area contributed by atoms with Gasteiger partial charge in [-0.3, -0.25) is 0 Å². The molecule has 0 bridgehead atoms. The molecule has 0 aliphatic carbocycles. The Morgan fingerprint density at radius 3 is 1.96 bits per heavy atom. The molecule has 0 fully saturated rings. The van der Waals surface area contributed by atoms with E-state index in [4.69, 9.17) is 0 Å². The van der Waals surface area contributed by atoms with E-state index >= 15 is 0 Å². The van der Waals surface area contributed by atoms with E-state index in [-0.39, 0.29) is 5.82 Å². The lowest BCUT2D eigenvalue weighted by molar-refractivity contribution is 0.636. The predicted molar refractivity (Wildman–Crippen MR) is 111 cm³/mol. The van der Waals surface area contributed by atoms with Gasteiger partial charge < -0.3 is 0 Å². The Labute approximate surface area is 159 Å². The smallest absolute Gasteiger partial charge is 0.146 e. The molecule has 0 nitrogen and oxygen atoms in total. The minimum atomic E-state index is -0.262. The van der Waals surface area contributed by atoms with Crippen LogP contribution in [-0.4, -0.2) is 0 Å². The molecule has 0 N–H and O–H groups in total. The fourth-order valence-electron chi connectivity index (χ4n) is 3.09. The molecule has 1 heteroatoms. The molecular formula is C26H19F. The van der Waals surface area contributed by atoms with Gasteiger partial charge in [0.05, 0.1) is 5.56 Å². The maximum atomic E-state index is 14.9. The molecular weight excluding hydrogens is 331 g/mol. The van der Waals surface area contributed by atoms with Crippen molar-refractivity contribution in [3.8, 4) is 23.0 Å². The highest BCUT2D eigenvalue weighted by Gasteiger charge is 2.07. The molecule has 0 saturated heterocycles. The summed E-state index contributed by atoms with van der Waals surface area (Å²) in [6.45, 7) is 4.10. The summed E-state index contributed by atoms with van der Waals surface area (Å²) in [7, 11) is 0. The first-order chi connectivity index (χ1) is 13.1. The van der Waals surface area contributed by atoms with Crippen LogP contribution in [0.5, 0.6) is 0 Å². The lowest BCUT2D eigenvalue weighted by atomic mass is 9.99. The summed E-state index contributed by atoms with van der Waals surface area (Å²) in [4.78, 5) is 0. The first-order valence-corrected chi connectivity index (χ1v) is 8.98. The van der Waals surface area contributed by atoms with Crippen molar-refractivity contribution in [2.75, 3.05) is 0 Å². The largest absolute Gasteiger partial charge is 0.205 e. The first kappa shape index (κ1) is 17.1. The highest BCUT2D eigenvalue weighted by molar-refractivity contribution is 5.89. The summed E-state index contributed by atoms with van der Waals surface area (Å²) in [6, 6.07) is 25.8. The fraction of sp³-hybridized carbons (Fsp3) is 0.0769. The van der Waals surface area contributed by atoms with Gasteiger partial charge in [-0.25, -0.2) is 4.39 Å². The van der Waals surface area contributed by atoms with Crippen molar-refractivity contribution >= 4 is 10.8 Å². The van der Waals surface area contributed by atoms with E-state index in [0.29, 0.717) is 10.9 Å². The third kappa shape index (κ3) is 3.61. The van der Waals surface area contributed by atoms with Crippen LogP contribution < -0.4 is 0 Å². The molecule has 4 aromatic rings. The molecule has 0 amide bonds. The molecule has 4 aromatic carbocycles. The predicted octanol–water partition coefficient (Wildman–Crippen LogP) is 6.66. The number of halogens is 1. The number of hydrogen-bond acceptors (Lipinski definition) is 0. The maximum Gasteiger partial charge on any atom is 0.146 e. The summed E-state index contributed by atoms with van der Waals surface area (Å²) in [5.41, 5.74) is 5.93. The second-order valence-electron chi connectivity index (χ2n) is 6.85. The maximum absolute atomic E-state index is 14.9. The quantitative estimate of drug-likeness (QED) is 0.337. The Hall–Kier alpha value is -3.37. The molecule has 27 heavy (non-hydrogen) atoms. The molecule has 0 aliphatic rings. The van der Waals surface area contributed by atoms with Crippen LogP contribution in [0.25, 0.3) is 21.9 Å². The summed E-state index contributed by atoms with van der Waals surface area (Å²) in [6.07, 6.45) is 0. The minimum absolute atomic E-state index is 0.262. The van der Waals surface area contributed by atoms with Crippen molar-refractivity contribution < 1.29 is 4.39 Å². The first-order valence-electron chi connectivity index (χ1n) is 8.98. The molecule has 0 atom stereocenters. The van der Waals surface area contributed by atoms with Crippen molar-refractivity contribution in [2.24, 2.45) is 0 Å². The topological polar surface area (TPSA) is 0 Å². The zero-order valence-electron chi connectivity index (χ0n) is 15.4. The van der Waals surface area contributed by atoms with Gasteiger partial charge in [-0.05, 0) is 54.6 Å². The number of rotatable bonds is 1. The monoisotopic (exact) mass is 350 g/mol. The van der Waals surface area contributed by atoms with Crippen molar-refractivity contribution in [1.82, 2.24) is 0 Å². The van der Waals surface area contributed by atoms with Crippen molar-refractivity contribution in [1.29, 1.82) is 0 Å². The number of fused-ring (bicyclic) bond motifs is 1. The Morgan fingerprint density at radius 2 is 1.26 bits per heavy atom. The zero-order valence-corrected chi connectivity index (χ0v) is 15.4. The van der Waals surface area contributed by atoms with E-state index in [2.05, 4.69) is 43.0 Å². The molecule has 0 radical (unpaired) electrons. The second-order valence-corrected chi connectivity index (χ2v) is 6.85. The van der Waals surface area contributed by atoms with E-state index < -0.39 is 0 Å². The second kappa shape index (κ2) is 7.09. The Bertz CT molecular complexity index is 1170. The molecule has 4 rings (SSSR count). The molecule has 0 saturated carbocycles. The van der Waals surface area contributed by atoms with Gasteiger partial charge in [-0.2, -0.15) is 0 Å². The summed E-state index contributed by atoms with van der Waals surface area (Å²) in [5, 5.41) is 1.48. The highest BCUT2D eigenvalue weighted by Crippen LogP contribution is 2.27. The van der Waals surface area contributed by atoms with Crippen LogP contribution in [0.3, 0.4) is 0 Å². The van der Waals surface area contributed by atoms with Gasteiger partial charge in [0.2, 0.25) is 0 Å². The lowest BCUT2D eigenvalue weighted by Crippen LogP contribution is -1.88. The van der Waals surface area contributed by atoms with Gasteiger partial charge in [0, 0.05) is 10.9 Å². The summed E-state index contributed by atoms with van der Waals surface area (Å²) >= 11 is 0. The van der Waals surface area contributed by atoms with E-state index in [1.54, 1.807) is 6.07 Å². The number of benzene rings is 4. The Balaban J connectivity index is 1.71. The normalized spacial score (nSPS) is 10.5. The number of hydrogen-bond donors (Lipinski definition) is 0. The van der Waals surface area contributed by atoms with Crippen molar-refractivity contribution in [2.45, 2.75) is 13.8 Å². The van der Waals surface area contributed by atoms with Crippen LogP contribution in [-0.2, 0) is 0 Å². The zero-order chi connectivity index (χ0) is 18.8. The van der Waals surface area contributed by atoms with E-state index in [1.165, 1.54) is 11.1 Å². The van der Waals surface area contributed by atoms with E-state index in [1.807, 2.05) is 55.5 Å². The molecule has 0 spiro atoms. The Kier molecular flexibility index (Phi) is 4.48. The number of aryl methyl sites for hydroxylation is 2. The van der Waals surface area contributed by atoms with E-state index in [9.17, 15) is 4.39 Å². The molecule has 130 valence electrons. The van der Waals surface area contributed by atoms with E-state index in [0.717, 1.165) is 22.1 Å². The highest BCUT2D eigenvalue weighted by atomic mass is 19.1. The van der Waals surface area contributed by atoms with Gasteiger partial charge in [-0.15, -0.1) is 0 Å². The van der Waals surface area contributed by atoms with Gasteiger partial charge in [0.15, 0.2) is 0 Å². The van der Waals surface area contributed by atoms with Crippen molar-refractivity contribution in [3.05, 3.63) is 107 Å².